The van der Waals surface area contributed by atoms with Crippen molar-refractivity contribution in [1.29, 1.82) is 0 Å². The molecule has 1 aliphatic heterocycles. The van der Waals surface area contributed by atoms with E-state index in [1.807, 2.05) is 0 Å². The van der Waals surface area contributed by atoms with Gasteiger partial charge in [0.15, 0.2) is 0 Å². The molecule has 2 saturated carbocycles. The summed E-state index contributed by atoms with van der Waals surface area (Å²) in [5, 5.41) is 0. The van der Waals surface area contributed by atoms with Crippen molar-refractivity contribution in [2.45, 2.75) is 63.1 Å². The third-order valence-electron chi connectivity index (χ3n) is 8.22. The number of likely N-dealkylation sites (tertiary alicyclic amines) is 1. The maximum absolute atomic E-state index is 12.9. The van der Waals surface area contributed by atoms with Gasteiger partial charge in [-0.2, -0.15) is 13.2 Å². The van der Waals surface area contributed by atoms with Gasteiger partial charge in [-0.25, -0.2) is 0 Å². The second-order valence-electron chi connectivity index (χ2n) is 10.2. The second-order valence-corrected chi connectivity index (χ2v) is 10.2. The van der Waals surface area contributed by atoms with Crippen LogP contribution in [0.15, 0.2) is 54.6 Å². The number of rotatable bonds is 7. The molecule has 0 spiro atoms. The van der Waals surface area contributed by atoms with Crippen LogP contribution in [0.4, 0.5) is 13.2 Å². The summed E-state index contributed by atoms with van der Waals surface area (Å²) in [6, 6.07) is 17.0. The largest absolute Gasteiger partial charge is 0.416 e. The van der Waals surface area contributed by atoms with E-state index in [0.717, 1.165) is 19.2 Å². The predicted octanol–water partition coefficient (Wildman–Crippen LogP) is 6.50. The Bertz CT molecular complexity index is 953. The van der Waals surface area contributed by atoms with Crippen LogP contribution in [0.25, 0.3) is 0 Å². The fraction of sp³-hybridized carbons (Fsp3) is 0.536. The highest BCUT2D eigenvalue weighted by atomic mass is 19.4. The first kappa shape index (κ1) is 22.6. The zero-order valence-corrected chi connectivity index (χ0v) is 18.9. The zero-order valence-electron chi connectivity index (χ0n) is 18.9. The number of aryl methyl sites for hydroxylation is 1. The zero-order chi connectivity index (χ0) is 23.0. The van der Waals surface area contributed by atoms with Crippen LogP contribution >= 0.6 is 0 Å². The molecule has 2 nitrogen and oxygen atoms in total. The third-order valence-corrected chi connectivity index (χ3v) is 8.22. The van der Waals surface area contributed by atoms with E-state index >= 15 is 0 Å². The summed E-state index contributed by atoms with van der Waals surface area (Å²) in [5.41, 5.74) is 1.52. The van der Waals surface area contributed by atoms with E-state index in [4.69, 9.17) is 0 Å². The van der Waals surface area contributed by atoms with Crippen LogP contribution in [0.1, 0.15) is 61.1 Å². The average Bonchev–Trinajstić information content (AvgIpc) is 3.33. The van der Waals surface area contributed by atoms with E-state index in [1.165, 1.54) is 43.4 Å². The Labute approximate surface area is 194 Å². The summed E-state index contributed by atoms with van der Waals surface area (Å²) in [7, 11) is 0. The molecule has 2 aliphatic carbocycles. The molecule has 0 N–H and O–H groups in total. The number of Topliss-reactive ketones (excluding diaryl/α,β-unsaturated/α-hetero) is 1. The van der Waals surface area contributed by atoms with Gasteiger partial charge in [-0.15, -0.1) is 0 Å². The van der Waals surface area contributed by atoms with Gasteiger partial charge in [-0.05, 0) is 73.5 Å². The smallest absolute Gasteiger partial charge is 0.300 e. The Morgan fingerprint density at radius 2 is 1.61 bits per heavy atom. The van der Waals surface area contributed by atoms with E-state index in [2.05, 4.69) is 35.2 Å². The SMILES string of the molecule is O=C(CCCc1cccc(C(F)(F)F)c1)C1[C@H]2CN(C3CCC(c4ccccc4)CC3)C[C@@H]12. The van der Waals surface area contributed by atoms with Crippen LogP contribution in [-0.2, 0) is 17.4 Å². The number of hydrogen-bond donors (Lipinski definition) is 0. The molecule has 5 heteroatoms. The minimum absolute atomic E-state index is 0.198. The van der Waals surface area contributed by atoms with Crippen LogP contribution < -0.4 is 0 Å². The van der Waals surface area contributed by atoms with Crippen molar-refractivity contribution < 1.29 is 18.0 Å². The van der Waals surface area contributed by atoms with E-state index < -0.39 is 11.7 Å². The number of halogens is 3. The van der Waals surface area contributed by atoms with Gasteiger partial charge < -0.3 is 0 Å². The van der Waals surface area contributed by atoms with Crippen LogP contribution in [0.2, 0.25) is 0 Å². The number of alkyl halides is 3. The maximum Gasteiger partial charge on any atom is 0.416 e. The first-order valence-electron chi connectivity index (χ1n) is 12.4. The first-order valence-corrected chi connectivity index (χ1v) is 12.4. The molecule has 0 amide bonds. The number of nitrogens with zero attached hydrogens (tertiary/aromatic N) is 1. The van der Waals surface area contributed by atoms with Crippen molar-refractivity contribution in [3.05, 3.63) is 71.3 Å². The Morgan fingerprint density at radius 1 is 0.909 bits per heavy atom. The lowest BCUT2D eigenvalue weighted by molar-refractivity contribution is -0.137. The number of ketones is 1. The molecule has 5 rings (SSSR count). The molecule has 0 radical (unpaired) electrons. The molecule has 2 aromatic carbocycles. The minimum Gasteiger partial charge on any atom is -0.300 e. The fourth-order valence-electron chi connectivity index (χ4n) is 6.37. The second kappa shape index (κ2) is 9.25. The summed E-state index contributed by atoms with van der Waals surface area (Å²) in [5.74, 6) is 2.23. The highest BCUT2D eigenvalue weighted by Crippen LogP contribution is 2.54. The Kier molecular flexibility index (Phi) is 6.34. The van der Waals surface area contributed by atoms with Gasteiger partial charge in [0, 0.05) is 31.5 Å². The number of carbonyl (C=O) groups excluding carboxylic acids is 1. The van der Waals surface area contributed by atoms with Crippen LogP contribution in [-0.4, -0.2) is 29.8 Å². The molecule has 3 aliphatic rings. The van der Waals surface area contributed by atoms with Crippen LogP contribution in [0.5, 0.6) is 0 Å². The molecular weight excluding hydrogens is 423 g/mol. The van der Waals surface area contributed by atoms with Crippen molar-refractivity contribution in [3.8, 4) is 0 Å². The lowest BCUT2D eigenvalue weighted by atomic mass is 9.81. The number of benzene rings is 2. The monoisotopic (exact) mass is 455 g/mol. The molecule has 3 atom stereocenters. The molecule has 2 aromatic rings. The Hall–Kier alpha value is -2.14. The van der Waals surface area contributed by atoms with Gasteiger partial charge in [0.1, 0.15) is 5.78 Å². The highest BCUT2D eigenvalue weighted by molar-refractivity contribution is 5.84. The lowest BCUT2D eigenvalue weighted by Gasteiger charge is -2.36. The van der Waals surface area contributed by atoms with Crippen molar-refractivity contribution in [1.82, 2.24) is 4.90 Å². The molecular formula is C28H32F3NO. The summed E-state index contributed by atoms with van der Waals surface area (Å²) in [4.78, 5) is 15.3. The molecule has 33 heavy (non-hydrogen) atoms. The van der Waals surface area contributed by atoms with Crippen molar-refractivity contribution in [2.24, 2.45) is 17.8 Å². The predicted molar refractivity (Wildman–Crippen MR) is 123 cm³/mol. The van der Waals surface area contributed by atoms with Crippen molar-refractivity contribution in [3.63, 3.8) is 0 Å². The number of fused-ring (bicyclic) bond motifs is 1. The Morgan fingerprint density at radius 3 is 2.27 bits per heavy atom. The van der Waals surface area contributed by atoms with Gasteiger partial charge in [0.05, 0.1) is 5.56 Å². The quantitative estimate of drug-likeness (QED) is 0.475. The molecule has 0 aromatic heterocycles. The van der Waals surface area contributed by atoms with E-state index in [1.54, 1.807) is 6.07 Å². The Balaban J connectivity index is 1.04. The fourth-order valence-corrected chi connectivity index (χ4v) is 6.37. The van der Waals surface area contributed by atoms with Gasteiger partial charge in [0.25, 0.3) is 0 Å². The molecule has 1 saturated heterocycles. The molecule has 1 unspecified atom stereocenters. The summed E-state index contributed by atoms with van der Waals surface area (Å²) >= 11 is 0. The van der Waals surface area contributed by atoms with Gasteiger partial charge in [0.2, 0.25) is 0 Å². The summed E-state index contributed by atoms with van der Waals surface area (Å²) in [6.07, 6.45) is 2.30. The van der Waals surface area contributed by atoms with Crippen LogP contribution in [0.3, 0.4) is 0 Å². The summed E-state index contributed by atoms with van der Waals surface area (Å²) in [6.45, 7) is 2.10. The number of piperidine rings is 1. The number of carbonyl (C=O) groups is 1. The van der Waals surface area contributed by atoms with E-state index in [0.29, 0.717) is 54.4 Å². The number of hydrogen-bond acceptors (Lipinski definition) is 2. The van der Waals surface area contributed by atoms with E-state index in [-0.39, 0.29) is 5.92 Å². The van der Waals surface area contributed by atoms with Crippen LogP contribution in [0, 0.1) is 17.8 Å². The van der Waals surface area contributed by atoms with Crippen molar-refractivity contribution >= 4 is 5.78 Å². The third kappa shape index (κ3) is 5.03. The van der Waals surface area contributed by atoms with E-state index in [9.17, 15) is 18.0 Å². The van der Waals surface area contributed by atoms with Gasteiger partial charge >= 0.3 is 6.18 Å². The highest BCUT2D eigenvalue weighted by Gasteiger charge is 2.59. The topological polar surface area (TPSA) is 20.3 Å². The average molecular weight is 456 g/mol. The molecule has 3 fully saturated rings. The maximum atomic E-state index is 12.9. The standard InChI is InChI=1S/C28H32F3NO/c29-28(30,31)22-10-4-6-19(16-22)7-5-11-26(33)27-24-17-32(18-25(24)27)23-14-12-21(13-15-23)20-8-2-1-3-9-20/h1-4,6,8-10,16,21,23-25,27H,5,7,11-15,17-18H2/t21?,23?,24-,25+,27?. The minimum atomic E-state index is -4.32. The normalized spacial score (nSPS) is 29.6. The first-order chi connectivity index (χ1) is 15.9. The summed E-state index contributed by atoms with van der Waals surface area (Å²) < 4.78 is 38.6. The van der Waals surface area contributed by atoms with Crippen molar-refractivity contribution in [2.75, 3.05) is 13.1 Å². The van der Waals surface area contributed by atoms with Gasteiger partial charge in [-0.1, -0.05) is 48.5 Å². The molecule has 176 valence electrons. The lowest BCUT2D eigenvalue weighted by Crippen LogP contribution is -2.38. The molecule has 1 heterocycles. The molecule has 0 bridgehead atoms. The van der Waals surface area contributed by atoms with Gasteiger partial charge in [-0.3, -0.25) is 9.69 Å².